The third-order valence-corrected chi connectivity index (χ3v) is 3.29. The van der Waals surface area contributed by atoms with Gasteiger partial charge in [-0.1, -0.05) is 25.5 Å². The molecule has 2 rings (SSSR count). The first-order chi connectivity index (χ1) is 10.6. The zero-order valence-corrected chi connectivity index (χ0v) is 12.3. The van der Waals surface area contributed by atoms with Gasteiger partial charge in [0.05, 0.1) is 11.4 Å². The lowest BCUT2D eigenvalue weighted by atomic mass is 10.2. The molecule has 3 N–H and O–H groups in total. The number of carbonyl (C=O) groups is 1. The molecule has 114 valence electrons. The molecule has 2 aromatic rings. The number of amides is 1. The van der Waals surface area contributed by atoms with E-state index in [2.05, 4.69) is 5.32 Å². The molecule has 1 aromatic heterocycles. The molecule has 1 aromatic carbocycles. The predicted octanol–water partition coefficient (Wildman–Crippen LogP) is 2.67. The van der Waals surface area contributed by atoms with E-state index < -0.39 is 11.7 Å². The van der Waals surface area contributed by atoms with Gasteiger partial charge in [-0.15, -0.1) is 0 Å². The van der Waals surface area contributed by atoms with Crippen molar-refractivity contribution in [1.82, 2.24) is 4.57 Å². The highest BCUT2D eigenvalue weighted by molar-refractivity contribution is 5.91. The Labute approximate surface area is 128 Å². The number of nitrogens with two attached hydrogens (primary N) is 1. The molecular weight excluding hydrogens is 283 g/mol. The maximum absolute atomic E-state index is 13.5. The van der Waals surface area contributed by atoms with E-state index in [1.807, 2.05) is 13.0 Å². The summed E-state index contributed by atoms with van der Waals surface area (Å²) in [6.45, 7) is 1.91. The van der Waals surface area contributed by atoms with E-state index in [0.717, 1.165) is 12.1 Å². The summed E-state index contributed by atoms with van der Waals surface area (Å²) in [4.78, 5) is 12.1. The normalized spacial score (nSPS) is 10.2. The van der Waals surface area contributed by atoms with Crippen LogP contribution in [-0.2, 0) is 17.8 Å². The molecule has 1 heterocycles. The maximum atomic E-state index is 13.5. The van der Waals surface area contributed by atoms with Crippen LogP contribution in [0.1, 0.15) is 24.7 Å². The first kappa shape index (κ1) is 15.6. The van der Waals surface area contributed by atoms with Crippen molar-refractivity contribution < 1.29 is 9.18 Å². The first-order valence-electron chi connectivity index (χ1n) is 6.99. The summed E-state index contributed by atoms with van der Waals surface area (Å²) in [6.07, 6.45) is 1.51. The minimum atomic E-state index is -0.503. The largest absolute Gasteiger partial charge is 0.397 e. The number of aromatic nitrogens is 1. The molecule has 22 heavy (non-hydrogen) atoms. The third kappa shape index (κ3) is 3.26. The van der Waals surface area contributed by atoms with E-state index in [-0.39, 0.29) is 12.2 Å². The predicted molar refractivity (Wildman–Crippen MR) is 82.6 cm³/mol. The summed E-state index contributed by atoms with van der Waals surface area (Å²) in [5.41, 5.74) is 7.58. The number of nitrogens with one attached hydrogen (secondary N) is 1. The van der Waals surface area contributed by atoms with Crippen LogP contribution in [-0.4, -0.2) is 10.5 Å². The minimum absolute atomic E-state index is 0.0796. The molecule has 0 saturated carbocycles. The number of hydrogen-bond donors (Lipinski definition) is 2. The van der Waals surface area contributed by atoms with Gasteiger partial charge < -0.3 is 15.6 Å². The SMILES string of the molecule is CCCc1c(N)cc(C#N)n1CC(=O)Nc1ccccc1F. The lowest BCUT2D eigenvalue weighted by molar-refractivity contribution is -0.116. The lowest BCUT2D eigenvalue weighted by Gasteiger charge is -2.11. The van der Waals surface area contributed by atoms with Crippen molar-refractivity contribution in [3.63, 3.8) is 0 Å². The van der Waals surface area contributed by atoms with E-state index in [1.165, 1.54) is 12.1 Å². The maximum Gasteiger partial charge on any atom is 0.244 e. The van der Waals surface area contributed by atoms with Crippen LogP contribution in [0.2, 0.25) is 0 Å². The number of hydrogen-bond acceptors (Lipinski definition) is 3. The van der Waals surface area contributed by atoms with Crippen molar-refractivity contribution in [3.05, 3.63) is 47.5 Å². The molecule has 0 spiro atoms. The molecule has 5 nitrogen and oxygen atoms in total. The Balaban J connectivity index is 2.21. The molecule has 0 saturated heterocycles. The van der Waals surface area contributed by atoms with Crippen LogP contribution < -0.4 is 11.1 Å². The van der Waals surface area contributed by atoms with E-state index in [0.29, 0.717) is 17.8 Å². The summed E-state index contributed by atoms with van der Waals surface area (Å²) in [5.74, 6) is -0.910. The van der Waals surface area contributed by atoms with E-state index in [4.69, 9.17) is 11.0 Å². The van der Waals surface area contributed by atoms with Crippen LogP contribution in [0.5, 0.6) is 0 Å². The van der Waals surface area contributed by atoms with Crippen LogP contribution in [0.4, 0.5) is 15.8 Å². The van der Waals surface area contributed by atoms with Crippen LogP contribution in [0, 0.1) is 17.1 Å². The average Bonchev–Trinajstić information content (AvgIpc) is 2.78. The quantitative estimate of drug-likeness (QED) is 0.890. The molecule has 0 fully saturated rings. The van der Waals surface area contributed by atoms with Gasteiger partial charge in [0.15, 0.2) is 0 Å². The third-order valence-electron chi connectivity index (χ3n) is 3.29. The molecule has 0 aliphatic rings. The van der Waals surface area contributed by atoms with Gasteiger partial charge in [0.25, 0.3) is 0 Å². The number of halogens is 1. The van der Waals surface area contributed by atoms with Crippen LogP contribution in [0.15, 0.2) is 30.3 Å². The van der Waals surface area contributed by atoms with Gasteiger partial charge in [-0.05, 0) is 24.6 Å². The minimum Gasteiger partial charge on any atom is -0.397 e. The van der Waals surface area contributed by atoms with E-state index >= 15 is 0 Å². The number of nitrogen functional groups attached to an aromatic ring is 1. The molecule has 0 bridgehead atoms. The standard InChI is InChI=1S/C16H17FN4O/c1-2-5-15-13(19)8-11(9-18)21(15)10-16(22)20-14-7-4-3-6-12(14)17/h3-4,6-8H,2,5,10,19H2,1H3,(H,20,22). The molecule has 0 aliphatic carbocycles. The number of anilines is 2. The van der Waals surface area contributed by atoms with Crippen molar-refractivity contribution in [1.29, 1.82) is 5.26 Å². The topological polar surface area (TPSA) is 83.8 Å². The van der Waals surface area contributed by atoms with Crippen LogP contribution in [0.3, 0.4) is 0 Å². The van der Waals surface area contributed by atoms with Crippen molar-refractivity contribution in [2.24, 2.45) is 0 Å². The van der Waals surface area contributed by atoms with Crippen molar-refractivity contribution in [2.75, 3.05) is 11.1 Å². The Bertz CT molecular complexity index is 730. The summed E-state index contributed by atoms with van der Waals surface area (Å²) < 4.78 is 15.1. The average molecular weight is 300 g/mol. The number of benzene rings is 1. The summed E-state index contributed by atoms with van der Waals surface area (Å²) in [7, 11) is 0. The van der Waals surface area contributed by atoms with E-state index in [9.17, 15) is 9.18 Å². The number of rotatable bonds is 5. The van der Waals surface area contributed by atoms with Gasteiger partial charge in [-0.25, -0.2) is 4.39 Å². The van der Waals surface area contributed by atoms with Gasteiger partial charge in [-0.3, -0.25) is 4.79 Å². The highest BCUT2D eigenvalue weighted by Gasteiger charge is 2.16. The van der Waals surface area contributed by atoms with Gasteiger partial charge in [-0.2, -0.15) is 5.26 Å². The van der Waals surface area contributed by atoms with Crippen molar-refractivity contribution in [3.8, 4) is 6.07 Å². The highest BCUT2D eigenvalue weighted by Crippen LogP contribution is 2.20. The molecule has 0 atom stereocenters. The van der Waals surface area contributed by atoms with Crippen molar-refractivity contribution >= 4 is 17.3 Å². The number of para-hydroxylation sites is 1. The number of nitriles is 1. The molecule has 0 aliphatic heterocycles. The fourth-order valence-corrected chi connectivity index (χ4v) is 2.30. The van der Waals surface area contributed by atoms with Gasteiger partial charge in [0.2, 0.25) is 5.91 Å². The smallest absolute Gasteiger partial charge is 0.244 e. The van der Waals surface area contributed by atoms with Crippen LogP contribution in [0.25, 0.3) is 0 Å². The zero-order valence-electron chi connectivity index (χ0n) is 12.3. The van der Waals surface area contributed by atoms with Gasteiger partial charge in [0, 0.05) is 5.69 Å². The Kier molecular flexibility index (Phi) is 4.79. The fourth-order valence-electron chi connectivity index (χ4n) is 2.30. The second-order valence-corrected chi connectivity index (χ2v) is 4.91. The lowest BCUT2D eigenvalue weighted by Crippen LogP contribution is -2.21. The molecular formula is C16H17FN4O. The second kappa shape index (κ2) is 6.76. The Morgan fingerprint density at radius 2 is 2.18 bits per heavy atom. The highest BCUT2D eigenvalue weighted by atomic mass is 19.1. The monoisotopic (exact) mass is 300 g/mol. The number of nitrogens with zero attached hydrogens (tertiary/aromatic N) is 2. The van der Waals surface area contributed by atoms with Gasteiger partial charge in [0.1, 0.15) is 24.1 Å². The molecule has 1 amide bonds. The zero-order chi connectivity index (χ0) is 16.1. The summed E-state index contributed by atoms with van der Waals surface area (Å²) in [6, 6.07) is 9.51. The summed E-state index contributed by atoms with van der Waals surface area (Å²) in [5, 5.41) is 11.7. The second-order valence-electron chi connectivity index (χ2n) is 4.91. The number of carbonyl (C=O) groups excluding carboxylic acids is 1. The molecule has 6 heteroatoms. The summed E-state index contributed by atoms with van der Waals surface area (Å²) >= 11 is 0. The van der Waals surface area contributed by atoms with Crippen LogP contribution >= 0.6 is 0 Å². The molecule has 0 radical (unpaired) electrons. The Morgan fingerprint density at radius 1 is 1.45 bits per heavy atom. The molecule has 0 unspecified atom stereocenters. The fraction of sp³-hybridized carbons (Fsp3) is 0.250. The van der Waals surface area contributed by atoms with Gasteiger partial charge >= 0.3 is 0 Å². The first-order valence-corrected chi connectivity index (χ1v) is 6.99. The Hall–Kier alpha value is -2.81. The van der Waals surface area contributed by atoms with Crippen molar-refractivity contribution in [2.45, 2.75) is 26.3 Å². The Morgan fingerprint density at radius 3 is 2.82 bits per heavy atom. The van der Waals surface area contributed by atoms with E-state index in [1.54, 1.807) is 22.8 Å².